The number of Topliss-reactive ketones (excluding diaryl/α,β-unsaturated/α-hetero) is 1. The summed E-state index contributed by atoms with van der Waals surface area (Å²) in [6, 6.07) is 14.0. The van der Waals surface area contributed by atoms with Gasteiger partial charge in [0, 0.05) is 73.5 Å². The molecular formula is C28H26N4O4. The van der Waals surface area contributed by atoms with E-state index < -0.39 is 0 Å². The average Bonchev–Trinajstić information content (AvgIpc) is 3.52. The van der Waals surface area contributed by atoms with Crippen molar-refractivity contribution in [3.63, 3.8) is 0 Å². The number of carbonyl (C=O) groups excluding carboxylic acids is 1. The Morgan fingerprint density at radius 1 is 0.972 bits per heavy atom. The Morgan fingerprint density at radius 3 is 2.56 bits per heavy atom. The number of ether oxygens (including phenoxy) is 2. The summed E-state index contributed by atoms with van der Waals surface area (Å²) in [6.45, 7) is 4.69. The Hall–Kier alpha value is -3.88. The van der Waals surface area contributed by atoms with Gasteiger partial charge < -0.3 is 13.9 Å². The Labute approximate surface area is 208 Å². The van der Waals surface area contributed by atoms with Crippen LogP contribution in [0.2, 0.25) is 0 Å². The number of pyridine rings is 1. The van der Waals surface area contributed by atoms with Gasteiger partial charge in [-0.25, -0.2) is 9.97 Å². The first-order valence-electron chi connectivity index (χ1n) is 12.2. The molecule has 1 aliphatic heterocycles. The van der Waals surface area contributed by atoms with Crippen molar-refractivity contribution < 1.29 is 18.7 Å². The third-order valence-electron chi connectivity index (χ3n) is 6.76. The highest BCUT2D eigenvalue weighted by atomic mass is 16.5. The second kappa shape index (κ2) is 10.0. The van der Waals surface area contributed by atoms with Crippen molar-refractivity contribution in [3.8, 4) is 28.7 Å². The van der Waals surface area contributed by atoms with E-state index in [-0.39, 0.29) is 11.7 Å². The molecule has 4 heterocycles. The number of carbonyl (C=O) groups is 1. The van der Waals surface area contributed by atoms with Gasteiger partial charge in [-0.2, -0.15) is 0 Å². The zero-order valence-electron chi connectivity index (χ0n) is 19.8. The fraction of sp³-hybridized carbons (Fsp3) is 0.286. The molecular weight excluding hydrogens is 456 g/mol. The van der Waals surface area contributed by atoms with Gasteiger partial charge in [-0.15, -0.1) is 0 Å². The predicted molar refractivity (Wildman–Crippen MR) is 133 cm³/mol. The quantitative estimate of drug-likeness (QED) is 0.387. The van der Waals surface area contributed by atoms with Crippen LogP contribution in [-0.2, 0) is 4.74 Å². The summed E-state index contributed by atoms with van der Waals surface area (Å²) < 4.78 is 17.5. The number of ketones is 1. The number of hydrogen-bond acceptors (Lipinski definition) is 8. The lowest BCUT2D eigenvalue weighted by Gasteiger charge is -2.26. The summed E-state index contributed by atoms with van der Waals surface area (Å²) in [6.07, 6.45) is 7.32. The van der Waals surface area contributed by atoms with Gasteiger partial charge in [0.05, 0.1) is 18.8 Å². The first-order valence-corrected chi connectivity index (χ1v) is 12.2. The lowest BCUT2D eigenvalue weighted by atomic mass is 9.91. The lowest BCUT2D eigenvalue weighted by Crippen LogP contribution is -2.38. The van der Waals surface area contributed by atoms with Crippen LogP contribution in [0.4, 0.5) is 0 Å². The SMILES string of the molecule is O=C1CC(c2cc(-c3cnc(OCCN4CCOCC4)nc3)oc2-c2ccncc2)c2ccccc21. The maximum Gasteiger partial charge on any atom is 0.316 e. The van der Waals surface area contributed by atoms with Crippen molar-refractivity contribution in [2.75, 3.05) is 39.5 Å². The molecule has 1 aliphatic carbocycles. The maximum atomic E-state index is 12.7. The Morgan fingerprint density at radius 2 is 1.75 bits per heavy atom. The van der Waals surface area contributed by atoms with Gasteiger partial charge in [-0.1, -0.05) is 24.3 Å². The summed E-state index contributed by atoms with van der Waals surface area (Å²) in [5.41, 5.74) is 4.44. The number of rotatable bonds is 7. The molecule has 36 heavy (non-hydrogen) atoms. The molecule has 1 fully saturated rings. The first-order chi connectivity index (χ1) is 17.8. The van der Waals surface area contributed by atoms with Crippen LogP contribution >= 0.6 is 0 Å². The highest BCUT2D eigenvalue weighted by Gasteiger charge is 2.33. The van der Waals surface area contributed by atoms with E-state index in [4.69, 9.17) is 13.9 Å². The van der Waals surface area contributed by atoms with E-state index in [2.05, 4.69) is 19.9 Å². The van der Waals surface area contributed by atoms with Gasteiger partial charge in [0.1, 0.15) is 18.1 Å². The highest BCUT2D eigenvalue weighted by Crippen LogP contribution is 2.44. The summed E-state index contributed by atoms with van der Waals surface area (Å²) in [4.78, 5) is 27.9. The molecule has 0 spiro atoms. The number of hydrogen-bond donors (Lipinski definition) is 0. The molecule has 1 unspecified atom stereocenters. The fourth-order valence-corrected chi connectivity index (χ4v) is 4.88. The largest absolute Gasteiger partial charge is 0.462 e. The molecule has 2 aliphatic rings. The van der Waals surface area contributed by atoms with E-state index in [0.29, 0.717) is 24.8 Å². The maximum absolute atomic E-state index is 12.7. The molecule has 8 nitrogen and oxygen atoms in total. The first kappa shape index (κ1) is 22.6. The fourth-order valence-electron chi connectivity index (χ4n) is 4.88. The standard InChI is InChI=1S/C28H26N4O4/c33-25-15-23(21-3-1-2-4-22(21)25)24-16-26(36-27(24)19-5-7-29-8-6-19)20-17-30-28(31-18-20)35-14-11-32-9-12-34-13-10-32/h1-8,16-18,23H,9-15H2. The zero-order valence-corrected chi connectivity index (χ0v) is 19.8. The molecule has 0 N–H and O–H groups in total. The zero-order chi connectivity index (χ0) is 24.3. The minimum absolute atomic E-state index is 0.0712. The second-order valence-corrected chi connectivity index (χ2v) is 8.95. The summed E-state index contributed by atoms with van der Waals surface area (Å²) in [7, 11) is 0. The van der Waals surface area contributed by atoms with Gasteiger partial charge in [0.2, 0.25) is 0 Å². The van der Waals surface area contributed by atoms with Crippen molar-refractivity contribution >= 4 is 5.78 Å². The number of benzene rings is 1. The molecule has 4 aromatic rings. The van der Waals surface area contributed by atoms with E-state index in [1.165, 1.54) is 0 Å². The molecule has 1 saturated heterocycles. The Bertz CT molecular complexity index is 1350. The molecule has 0 amide bonds. The molecule has 0 bridgehead atoms. The topological polar surface area (TPSA) is 90.6 Å². The summed E-state index contributed by atoms with van der Waals surface area (Å²) >= 11 is 0. The van der Waals surface area contributed by atoms with Gasteiger partial charge in [-0.3, -0.25) is 14.7 Å². The minimum Gasteiger partial charge on any atom is -0.462 e. The molecule has 3 aromatic heterocycles. The number of aromatic nitrogens is 3. The number of furan rings is 1. The molecule has 6 rings (SSSR count). The Balaban J connectivity index is 1.26. The van der Waals surface area contributed by atoms with Gasteiger partial charge in [0.15, 0.2) is 5.78 Å². The van der Waals surface area contributed by atoms with E-state index >= 15 is 0 Å². The van der Waals surface area contributed by atoms with Crippen LogP contribution in [0.5, 0.6) is 6.01 Å². The van der Waals surface area contributed by atoms with Crippen molar-refractivity contribution in [2.24, 2.45) is 0 Å². The molecule has 182 valence electrons. The van der Waals surface area contributed by atoms with E-state index in [9.17, 15) is 4.79 Å². The lowest BCUT2D eigenvalue weighted by molar-refractivity contribution is 0.0317. The minimum atomic E-state index is -0.0712. The van der Waals surface area contributed by atoms with Crippen LogP contribution < -0.4 is 4.74 Å². The van der Waals surface area contributed by atoms with Crippen molar-refractivity contribution in [1.82, 2.24) is 19.9 Å². The van der Waals surface area contributed by atoms with Crippen molar-refractivity contribution in [2.45, 2.75) is 12.3 Å². The predicted octanol–water partition coefficient (Wildman–Crippen LogP) is 4.23. The van der Waals surface area contributed by atoms with Crippen LogP contribution in [0.3, 0.4) is 0 Å². The normalized spacial score (nSPS) is 17.8. The molecule has 1 atom stereocenters. The number of morpholine rings is 1. The van der Waals surface area contributed by atoms with Gasteiger partial charge >= 0.3 is 6.01 Å². The Kier molecular flexibility index (Phi) is 6.27. The van der Waals surface area contributed by atoms with Crippen molar-refractivity contribution in [3.05, 3.63) is 83.9 Å². The smallest absolute Gasteiger partial charge is 0.316 e. The molecule has 0 saturated carbocycles. The third-order valence-corrected chi connectivity index (χ3v) is 6.76. The molecule has 1 aromatic carbocycles. The van der Waals surface area contributed by atoms with E-state index in [1.54, 1.807) is 24.8 Å². The van der Waals surface area contributed by atoms with Crippen LogP contribution in [0, 0.1) is 0 Å². The van der Waals surface area contributed by atoms with Crippen LogP contribution in [0.15, 0.2) is 71.7 Å². The third kappa shape index (κ3) is 4.53. The molecule has 8 heteroatoms. The average molecular weight is 483 g/mol. The van der Waals surface area contributed by atoms with E-state index in [0.717, 1.165) is 66.4 Å². The van der Waals surface area contributed by atoms with E-state index in [1.807, 2.05) is 42.5 Å². The van der Waals surface area contributed by atoms with Crippen LogP contribution in [-0.4, -0.2) is 65.1 Å². The highest BCUT2D eigenvalue weighted by molar-refractivity contribution is 6.02. The second-order valence-electron chi connectivity index (χ2n) is 8.95. The summed E-state index contributed by atoms with van der Waals surface area (Å²) in [5, 5.41) is 0. The van der Waals surface area contributed by atoms with Crippen LogP contribution in [0.25, 0.3) is 22.6 Å². The van der Waals surface area contributed by atoms with Crippen LogP contribution in [0.1, 0.15) is 33.8 Å². The monoisotopic (exact) mass is 482 g/mol. The number of fused-ring (bicyclic) bond motifs is 1. The summed E-state index contributed by atoms with van der Waals surface area (Å²) in [5.74, 6) is 1.46. The van der Waals surface area contributed by atoms with Gasteiger partial charge in [-0.05, 0) is 23.8 Å². The molecule has 0 radical (unpaired) electrons. The van der Waals surface area contributed by atoms with Gasteiger partial charge in [0.25, 0.3) is 0 Å². The number of nitrogens with zero attached hydrogens (tertiary/aromatic N) is 4. The van der Waals surface area contributed by atoms with Crippen molar-refractivity contribution in [1.29, 1.82) is 0 Å².